The van der Waals surface area contributed by atoms with Gasteiger partial charge in [0.2, 0.25) is 5.91 Å². The second-order valence-electron chi connectivity index (χ2n) is 5.09. The molecule has 0 aliphatic rings. The highest BCUT2D eigenvalue weighted by atomic mass is 16.1. The Kier molecular flexibility index (Phi) is 9.06. The molecule has 0 aromatic heterocycles. The Balaban J connectivity index is 1.94. The summed E-state index contributed by atoms with van der Waals surface area (Å²) in [5.41, 5.74) is 1.15. The third-order valence-electron chi connectivity index (χ3n) is 3.31. The fourth-order valence-corrected chi connectivity index (χ4v) is 2.10. The van der Waals surface area contributed by atoms with E-state index in [1.807, 2.05) is 30.3 Å². The quantitative estimate of drug-likeness (QED) is 0.504. The largest absolute Gasteiger partial charge is 0.352 e. The summed E-state index contributed by atoms with van der Waals surface area (Å²) in [6.45, 7) is 0.631. The van der Waals surface area contributed by atoms with Crippen molar-refractivity contribution in [1.29, 1.82) is 0 Å². The Labute approximate surface area is 123 Å². The van der Waals surface area contributed by atoms with E-state index in [4.69, 9.17) is 6.42 Å². The van der Waals surface area contributed by atoms with Gasteiger partial charge in [0.1, 0.15) is 0 Å². The van der Waals surface area contributed by atoms with Crippen molar-refractivity contribution in [3.8, 4) is 12.3 Å². The number of nitrogens with one attached hydrogen (secondary N) is 1. The minimum Gasteiger partial charge on any atom is -0.352 e. The molecule has 0 unspecified atom stereocenters. The number of carbonyl (C=O) groups excluding carboxylic acids is 1. The van der Waals surface area contributed by atoms with Crippen LogP contribution in [0.25, 0.3) is 0 Å². The van der Waals surface area contributed by atoms with Gasteiger partial charge < -0.3 is 5.32 Å². The van der Waals surface area contributed by atoms with E-state index in [0.717, 1.165) is 31.2 Å². The summed E-state index contributed by atoms with van der Waals surface area (Å²) in [4.78, 5) is 11.7. The number of rotatable bonds is 10. The molecule has 1 rings (SSSR count). The second-order valence-corrected chi connectivity index (χ2v) is 5.09. The van der Waals surface area contributed by atoms with Crippen molar-refractivity contribution in [3.05, 3.63) is 35.9 Å². The summed E-state index contributed by atoms with van der Waals surface area (Å²) >= 11 is 0. The van der Waals surface area contributed by atoms with Crippen LogP contribution in [0.3, 0.4) is 0 Å². The molecule has 0 aliphatic carbocycles. The molecule has 1 aromatic rings. The molecule has 0 radical (unpaired) electrons. The van der Waals surface area contributed by atoms with Crippen LogP contribution in [-0.2, 0) is 11.3 Å². The Morgan fingerprint density at radius 2 is 1.65 bits per heavy atom. The monoisotopic (exact) mass is 271 g/mol. The summed E-state index contributed by atoms with van der Waals surface area (Å²) in [5.74, 6) is 2.81. The zero-order chi connectivity index (χ0) is 14.5. The first-order valence-corrected chi connectivity index (χ1v) is 7.57. The van der Waals surface area contributed by atoms with E-state index >= 15 is 0 Å². The van der Waals surface area contributed by atoms with E-state index in [1.54, 1.807) is 0 Å². The van der Waals surface area contributed by atoms with Crippen molar-refractivity contribution in [1.82, 2.24) is 5.32 Å². The SMILES string of the molecule is C#CCCCCCCCCC(=O)NCc1ccccc1. The van der Waals surface area contributed by atoms with E-state index in [2.05, 4.69) is 11.2 Å². The number of terminal acetylenes is 1. The van der Waals surface area contributed by atoms with Crippen molar-refractivity contribution in [2.75, 3.05) is 0 Å². The van der Waals surface area contributed by atoms with Crippen LogP contribution in [0.5, 0.6) is 0 Å². The van der Waals surface area contributed by atoms with Crippen molar-refractivity contribution < 1.29 is 4.79 Å². The molecule has 0 atom stereocenters. The standard InChI is InChI=1S/C18H25NO/c1-2-3-4-5-6-7-8-12-15-18(20)19-16-17-13-10-9-11-14-17/h1,9-11,13-14H,3-8,12,15-16H2,(H,19,20). The molecular formula is C18H25NO. The minimum atomic E-state index is 0.154. The lowest BCUT2D eigenvalue weighted by Crippen LogP contribution is -2.22. The van der Waals surface area contributed by atoms with Crippen LogP contribution in [0.1, 0.15) is 56.9 Å². The zero-order valence-corrected chi connectivity index (χ0v) is 12.2. The molecule has 1 N–H and O–H groups in total. The van der Waals surface area contributed by atoms with Crippen LogP contribution >= 0.6 is 0 Å². The van der Waals surface area contributed by atoms with Gasteiger partial charge in [-0.25, -0.2) is 0 Å². The normalized spacial score (nSPS) is 9.95. The van der Waals surface area contributed by atoms with Gasteiger partial charge in [-0.15, -0.1) is 12.3 Å². The molecule has 1 aromatic carbocycles. The molecule has 2 heteroatoms. The Bertz CT molecular complexity index is 405. The highest BCUT2D eigenvalue weighted by Crippen LogP contribution is 2.08. The van der Waals surface area contributed by atoms with E-state index in [1.165, 1.54) is 19.3 Å². The lowest BCUT2D eigenvalue weighted by Gasteiger charge is -2.05. The molecule has 0 saturated heterocycles. The average Bonchev–Trinajstić information content (AvgIpc) is 2.49. The van der Waals surface area contributed by atoms with Gasteiger partial charge in [-0.1, -0.05) is 56.0 Å². The Hall–Kier alpha value is -1.75. The molecule has 0 heterocycles. The van der Waals surface area contributed by atoms with Crippen LogP contribution in [0, 0.1) is 12.3 Å². The topological polar surface area (TPSA) is 29.1 Å². The van der Waals surface area contributed by atoms with Gasteiger partial charge in [-0.2, -0.15) is 0 Å². The molecule has 0 saturated carbocycles. The Morgan fingerprint density at radius 1 is 1.00 bits per heavy atom. The van der Waals surface area contributed by atoms with E-state index in [0.29, 0.717) is 13.0 Å². The first kappa shape index (κ1) is 16.3. The first-order chi connectivity index (χ1) is 9.83. The van der Waals surface area contributed by atoms with Crippen LogP contribution in [-0.4, -0.2) is 5.91 Å². The predicted molar refractivity (Wildman–Crippen MR) is 84.1 cm³/mol. The predicted octanol–water partition coefficient (Wildman–Crippen LogP) is 4.06. The molecular weight excluding hydrogens is 246 g/mol. The van der Waals surface area contributed by atoms with Crippen LogP contribution in [0.2, 0.25) is 0 Å². The summed E-state index contributed by atoms with van der Waals surface area (Å²) in [5, 5.41) is 2.96. The van der Waals surface area contributed by atoms with Gasteiger partial charge in [0.15, 0.2) is 0 Å². The number of amides is 1. The highest BCUT2D eigenvalue weighted by molar-refractivity contribution is 5.75. The van der Waals surface area contributed by atoms with Crippen LogP contribution in [0.4, 0.5) is 0 Å². The summed E-state index contributed by atoms with van der Waals surface area (Å²) in [6, 6.07) is 10.0. The molecule has 20 heavy (non-hydrogen) atoms. The fourth-order valence-electron chi connectivity index (χ4n) is 2.10. The minimum absolute atomic E-state index is 0.154. The summed E-state index contributed by atoms with van der Waals surface area (Å²) in [6.07, 6.45) is 13.6. The van der Waals surface area contributed by atoms with Gasteiger partial charge in [-0.3, -0.25) is 4.79 Å². The maximum Gasteiger partial charge on any atom is 0.220 e. The molecule has 1 amide bonds. The number of unbranched alkanes of at least 4 members (excludes halogenated alkanes) is 6. The van der Waals surface area contributed by atoms with Gasteiger partial charge >= 0.3 is 0 Å². The van der Waals surface area contributed by atoms with Crippen molar-refractivity contribution in [2.24, 2.45) is 0 Å². The molecule has 0 aliphatic heterocycles. The van der Waals surface area contributed by atoms with Crippen molar-refractivity contribution >= 4 is 5.91 Å². The molecule has 108 valence electrons. The number of hydrogen-bond donors (Lipinski definition) is 1. The fraction of sp³-hybridized carbons (Fsp3) is 0.500. The lowest BCUT2D eigenvalue weighted by molar-refractivity contribution is -0.121. The van der Waals surface area contributed by atoms with Gasteiger partial charge in [0, 0.05) is 19.4 Å². The smallest absolute Gasteiger partial charge is 0.220 e. The van der Waals surface area contributed by atoms with E-state index < -0.39 is 0 Å². The zero-order valence-electron chi connectivity index (χ0n) is 12.2. The number of benzene rings is 1. The molecule has 0 fully saturated rings. The van der Waals surface area contributed by atoms with Crippen molar-refractivity contribution in [3.63, 3.8) is 0 Å². The van der Waals surface area contributed by atoms with Gasteiger partial charge in [0.05, 0.1) is 0 Å². The van der Waals surface area contributed by atoms with Crippen LogP contribution < -0.4 is 5.32 Å². The number of carbonyl (C=O) groups is 1. The highest BCUT2D eigenvalue weighted by Gasteiger charge is 2.00. The third kappa shape index (κ3) is 8.37. The molecule has 0 bridgehead atoms. The second kappa shape index (κ2) is 11.1. The maximum atomic E-state index is 11.7. The first-order valence-electron chi connectivity index (χ1n) is 7.57. The van der Waals surface area contributed by atoms with Gasteiger partial charge in [-0.05, 0) is 18.4 Å². The molecule has 0 spiro atoms. The summed E-state index contributed by atoms with van der Waals surface area (Å²) < 4.78 is 0. The average molecular weight is 271 g/mol. The van der Waals surface area contributed by atoms with Gasteiger partial charge in [0.25, 0.3) is 0 Å². The van der Waals surface area contributed by atoms with E-state index in [9.17, 15) is 4.79 Å². The van der Waals surface area contributed by atoms with Crippen molar-refractivity contribution in [2.45, 2.75) is 57.9 Å². The van der Waals surface area contributed by atoms with E-state index in [-0.39, 0.29) is 5.91 Å². The lowest BCUT2D eigenvalue weighted by atomic mass is 10.1. The van der Waals surface area contributed by atoms with Crippen LogP contribution in [0.15, 0.2) is 30.3 Å². The third-order valence-corrected chi connectivity index (χ3v) is 3.31. The number of hydrogen-bond acceptors (Lipinski definition) is 1. The molecule has 2 nitrogen and oxygen atoms in total. The summed E-state index contributed by atoms with van der Waals surface area (Å²) in [7, 11) is 0. The maximum absolute atomic E-state index is 11.7. The Morgan fingerprint density at radius 3 is 2.35 bits per heavy atom.